The molecular weight excluding hydrogens is 301 g/mol. The minimum absolute atomic E-state index is 0.377. The Morgan fingerprint density at radius 2 is 2.20 bits per heavy atom. The minimum Gasteiger partial charge on any atom is -0.383 e. The highest BCUT2D eigenvalue weighted by molar-refractivity contribution is 6.32. The van der Waals surface area contributed by atoms with Gasteiger partial charge in [0.15, 0.2) is 0 Å². The molecule has 0 aliphatic rings. The number of hydrogen-bond donors (Lipinski definition) is 2. The molecule has 1 unspecified atom stereocenters. The van der Waals surface area contributed by atoms with Crippen molar-refractivity contribution in [2.45, 2.75) is 12.6 Å². The number of nitrogens with two attached hydrogens (primary N) is 1. The highest BCUT2D eigenvalue weighted by Gasteiger charge is 2.23. The van der Waals surface area contributed by atoms with Crippen LogP contribution < -0.4 is 11.3 Å². The summed E-state index contributed by atoms with van der Waals surface area (Å²) in [4.78, 5) is 3.96. The first-order valence-corrected chi connectivity index (χ1v) is 6.70. The smallest absolute Gasteiger partial charge is 0.0908 e. The lowest BCUT2D eigenvalue weighted by molar-refractivity contribution is 0.182. The first kappa shape index (κ1) is 15.2. The standard InChI is InChI=1S/C12H15Cl2N5O/c1-20-5-4-19-12(10(14)7-17-19)11(18-15)8-2-3-16-6-9(8)13/h2-3,6-7,11,18H,4-5,15H2,1H3. The van der Waals surface area contributed by atoms with Crippen molar-refractivity contribution in [1.82, 2.24) is 20.2 Å². The Morgan fingerprint density at radius 3 is 2.85 bits per heavy atom. The van der Waals surface area contributed by atoms with E-state index in [1.165, 1.54) is 0 Å². The molecular formula is C12H15Cl2N5O. The van der Waals surface area contributed by atoms with Gasteiger partial charge in [0.2, 0.25) is 0 Å². The number of nitrogens with one attached hydrogen (secondary N) is 1. The van der Waals surface area contributed by atoms with Gasteiger partial charge in [0.05, 0.1) is 41.1 Å². The Hall–Kier alpha value is -1.18. The van der Waals surface area contributed by atoms with Crippen molar-refractivity contribution in [2.24, 2.45) is 5.84 Å². The van der Waals surface area contributed by atoms with E-state index in [0.29, 0.717) is 23.2 Å². The fourth-order valence-corrected chi connectivity index (χ4v) is 2.43. The van der Waals surface area contributed by atoms with Crippen molar-refractivity contribution in [2.75, 3.05) is 13.7 Å². The normalized spacial score (nSPS) is 12.6. The van der Waals surface area contributed by atoms with E-state index in [1.807, 2.05) is 0 Å². The first-order chi connectivity index (χ1) is 9.69. The Labute approximate surface area is 126 Å². The molecule has 0 saturated heterocycles. The Morgan fingerprint density at radius 1 is 1.40 bits per heavy atom. The minimum atomic E-state index is -0.377. The topological polar surface area (TPSA) is 78.0 Å². The molecule has 2 aromatic heterocycles. The van der Waals surface area contributed by atoms with Gasteiger partial charge in [0.1, 0.15) is 0 Å². The molecule has 1 atom stereocenters. The van der Waals surface area contributed by atoms with E-state index in [2.05, 4.69) is 15.5 Å². The van der Waals surface area contributed by atoms with Crippen LogP contribution in [0.15, 0.2) is 24.7 Å². The number of hydrogen-bond acceptors (Lipinski definition) is 5. The van der Waals surface area contributed by atoms with Gasteiger partial charge in [-0.05, 0) is 11.6 Å². The lowest BCUT2D eigenvalue weighted by Crippen LogP contribution is -2.31. The van der Waals surface area contributed by atoms with Gasteiger partial charge in [-0.2, -0.15) is 5.10 Å². The zero-order chi connectivity index (χ0) is 14.5. The summed E-state index contributed by atoms with van der Waals surface area (Å²) in [7, 11) is 1.63. The highest BCUT2D eigenvalue weighted by atomic mass is 35.5. The molecule has 2 aromatic rings. The van der Waals surface area contributed by atoms with Crippen LogP contribution in [0, 0.1) is 0 Å². The van der Waals surface area contributed by atoms with Crippen LogP contribution in [0.4, 0.5) is 0 Å². The number of aromatic nitrogens is 3. The van der Waals surface area contributed by atoms with Crippen molar-refractivity contribution in [3.8, 4) is 0 Å². The van der Waals surface area contributed by atoms with Crippen LogP contribution in [0.1, 0.15) is 17.3 Å². The molecule has 3 N–H and O–H groups in total. The Balaban J connectivity index is 2.42. The van der Waals surface area contributed by atoms with E-state index in [1.54, 1.807) is 36.4 Å². The van der Waals surface area contributed by atoms with Gasteiger partial charge >= 0.3 is 0 Å². The number of ether oxygens (including phenoxy) is 1. The summed E-state index contributed by atoms with van der Waals surface area (Å²) in [6.07, 6.45) is 4.78. The maximum Gasteiger partial charge on any atom is 0.0908 e. The van der Waals surface area contributed by atoms with Crippen molar-refractivity contribution >= 4 is 23.2 Å². The number of rotatable bonds is 6. The number of methoxy groups -OCH3 is 1. The second kappa shape index (κ2) is 7.01. The zero-order valence-electron chi connectivity index (χ0n) is 10.9. The fraction of sp³-hybridized carbons (Fsp3) is 0.333. The van der Waals surface area contributed by atoms with Gasteiger partial charge in [-0.1, -0.05) is 23.2 Å². The summed E-state index contributed by atoms with van der Waals surface area (Å²) in [5, 5.41) is 5.24. The second-order valence-electron chi connectivity index (χ2n) is 4.09. The van der Waals surface area contributed by atoms with Gasteiger partial charge in [0.25, 0.3) is 0 Å². The highest BCUT2D eigenvalue weighted by Crippen LogP contribution is 2.31. The number of halogens is 2. The first-order valence-electron chi connectivity index (χ1n) is 5.94. The second-order valence-corrected chi connectivity index (χ2v) is 4.90. The van der Waals surface area contributed by atoms with E-state index in [9.17, 15) is 0 Å². The molecule has 8 heteroatoms. The third-order valence-corrected chi connectivity index (χ3v) is 3.50. The van der Waals surface area contributed by atoms with Crippen molar-refractivity contribution in [3.63, 3.8) is 0 Å². The molecule has 108 valence electrons. The van der Waals surface area contributed by atoms with Gasteiger partial charge < -0.3 is 4.74 Å². The predicted molar refractivity (Wildman–Crippen MR) is 77.5 cm³/mol. The van der Waals surface area contributed by atoms with Crippen molar-refractivity contribution in [1.29, 1.82) is 0 Å². The van der Waals surface area contributed by atoms with E-state index < -0.39 is 0 Å². The quantitative estimate of drug-likeness (QED) is 0.627. The lowest BCUT2D eigenvalue weighted by atomic mass is 10.1. The number of nitrogens with zero attached hydrogens (tertiary/aromatic N) is 3. The molecule has 0 aliphatic heterocycles. The van der Waals surface area contributed by atoms with Crippen LogP contribution in [-0.2, 0) is 11.3 Å². The average Bonchev–Trinajstić information content (AvgIpc) is 2.81. The monoisotopic (exact) mass is 315 g/mol. The van der Waals surface area contributed by atoms with E-state index >= 15 is 0 Å². The molecule has 0 spiro atoms. The summed E-state index contributed by atoms with van der Waals surface area (Å²) < 4.78 is 6.80. The van der Waals surface area contributed by atoms with E-state index in [-0.39, 0.29) is 6.04 Å². The Kier molecular flexibility index (Phi) is 5.33. The summed E-state index contributed by atoms with van der Waals surface area (Å²) >= 11 is 12.4. The van der Waals surface area contributed by atoms with Crippen LogP contribution in [0.2, 0.25) is 10.0 Å². The predicted octanol–water partition coefficient (Wildman–Crippen LogP) is 1.78. The van der Waals surface area contributed by atoms with Crippen LogP contribution in [0.3, 0.4) is 0 Å². The van der Waals surface area contributed by atoms with Crippen LogP contribution in [0.25, 0.3) is 0 Å². The number of pyridine rings is 1. The van der Waals surface area contributed by atoms with Crippen molar-refractivity contribution < 1.29 is 4.74 Å². The van der Waals surface area contributed by atoms with Crippen molar-refractivity contribution in [3.05, 3.63) is 46.0 Å². The summed E-state index contributed by atoms with van der Waals surface area (Å²) in [5.41, 5.74) is 4.24. The van der Waals surface area contributed by atoms with E-state index in [4.69, 9.17) is 33.8 Å². The van der Waals surface area contributed by atoms with Gasteiger partial charge in [0, 0.05) is 19.5 Å². The third-order valence-electron chi connectivity index (χ3n) is 2.90. The summed E-state index contributed by atoms with van der Waals surface area (Å²) in [6.45, 7) is 1.09. The fourth-order valence-electron chi connectivity index (χ4n) is 1.95. The molecule has 2 heterocycles. The maximum absolute atomic E-state index is 6.22. The summed E-state index contributed by atoms with van der Waals surface area (Å²) in [6, 6.07) is 1.41. The molecule has 0 amide bonds. The summed E-state index contributed by atoms with van der Waals surface area (Å²) in [5.74, 6) is 5.67. The number of hydrazine groups is 1. The Bertz CT molecular complexity index is 575. The van der Waals surface area contributed by atoms with Gasteiger partial charge in [-0.3, -0.25) is 15.5 Å². The molecule has 0 aromatic carbocycles. The third kappa shape index (κ3) is 3.11. The van der Waals surface area contributed by atoms with Gasteiger partial charge in [-0.25, -0.2) is 5.43 Å². The molecule has 0 aliphatic carbocycles. The van der Waals surface area contributed by atoms with Crippen LogP contribution in [-0.4, -0.2) is 28.5 Å². The van der Waals surface area contributed by atoms with Crippen LogP contribution >= 0.6 is 23.2 Å². The molecule has 0 saturated carbocycles. The zero-order valence-corrected chi connectivity index (χ0v) is 12.4. The van der Waals surface area contributed by atoms with Gasteiger partial charge in [-0.15, -0.1) is 0 Å². The molecule has 0 fully saturated rings. The molecule has 20 heavy (non-hydrogen) atoms. The van der Waals surface area contributed by atoms with Crippen LogP contribution in [0.5, 0.6) is 0 Å². The maximum atomic E-state index is 6.22. The van der Waals surface area contributed by atoms with E-state index in [0.717, 1.165) is 11.3 Å². The molecule has 0 radical (unpaired) electrons. The largest absolute Gasteiger partial charge is 0.383 e. The lowest BCUT2D eigenvalue weighted by Gasteiger charge is -2.19. The SMILES string of the molecule is COCCn1ncc(Cl)c1C(NN)c1ccncc1Cl. The molecule has 2 rings (SSSR count). The molecule has 0 bridgehead atoms. The molecule has 6 nitrogen and oxygen atoms in total. The average molecular weight is 316 g/mol.